The number of nitrogens with zero attached hydrogens (tertiary/aromatic N) is 1. The summed E-state index contributed by atoms with van der Waals surface area (Å²) in [5.41, 5.74) is 8.91. The molecule has 0 aliphatic carbocycles. The van der Waals surface area contributed by atoms with Gasteiger partial charge >= 0.3 is 7.48 Å². The number of anilines is 1. The van der Waals surface area contributed by atoms with Gasteiger partial charge in [0.25, 0.3) is 0 Å². The molecule has 0 spiro atoms. The van der Waals surface area contributed by atoms with Crippen molar-refractivity contribution in [2.45, 2.75) is 45.1 Å². The zero-order chi connectivity index (χ0) is 25.8. The van der Waals surface area contributed by atoms with Gasteiger partial charge in [0, 0.05) is 22.9 Å². The van der Waals surface area contributed by atoms with E-state index in [0.29, 0.717) is 0 Å². The summed E-state index contributed by atoms with van der Waals surface area (Å²) < 4.78 is 5.87. The Balaban J connectivity index is 1.53. The van der Waals surface area contributed by atoms with Crippen molar-refractivity contribution in [3.05, 3.63) is 103 Å². The summed E-state index contributed by atoms with van der Waals surface area (Å²) >= 11 is 0. The van der Waals surface area contributed by atoms with Gasteiger partial charge in [-0.2, -0.15) is 0 Å². The fourth-order valence-electron chi connectivity index (χ4n) is 3.62. The predicted molar refractivity (Wildman–Crippen MR) is 148 cm³/mol. The highest BCUT2D eigenvalue weighted by molar-refractivity contribution is 6.47. The number of nitrogens with one attached hydrogen (secondary N) is 1. The van der Waals surface area contributed by atoms with Crippen LogP contribution in [-0.4, -0.2) is 28.8 Å². The quantitative estimate of drug-likeness (QED) is 0.243. The van der Waals surface area contributed by atoms with E-state index in [9.17, 15) is 5.11 Å². The summed E-state index contributed by atoms with van der Waals surface area (Å²) in [4.78, 5) is 4.79. The minimum absolute atomic E-state index is 0.203. The molecule has 0 aliphatic heterocycles. The minimum atomic E-state index is -0.967. The average molecular weight is 479 g/mol. The van der Waals surface area contributed by atoms with E-state index in [4.69, 9.17) is 9.64 Å². The molecular formula is C30H34BN3O2+. The number of hydrogen-bond donors (Lipinski definition) is 3. The van der Waals surface area contributed by atoms with Gasteiger partial charge in [0.05, 0.1) is 11.2 Å². The number of aromatic nitrogens is 1. The Bertz CT molecular complexity index is 1270. The van der Waals surface area contributed by atoms with Crippen molar-refractivity contribution in [3.8, 4) is 22.3 Å². The summed E-state index contributed by atoms with van der Waals surface area (Å²) in [5.74, 6) is 0.784. The van der Waals surface area contributed by atoms with E-state index in [0.717, 1.165) is 39.1 Å². The van der Waals surface area contributed by atoms with Crippen LogP contribution in [-0.2, 0) is 4.65 Å². The fourth-order valence-corrected chi connectivity index (χ4v) is 3.62. The molecule has 1 heterocycles. The van der Waals surface area contributed by atoms with Crippen LogP contribution in [0, 0.1) is 0 Å². The highest BCUT2D eigenvalue weighted by Crippen LogP contribution is 2.32. The molecule has 6 heteroatoms. The lowest BCUT2D eigenvalue weighted by molar-refractivity contribution is -0.416. The van der Waals surface area contributed by atoms with Crippen LogP contribution < -0.4 is 16.5 Å². The van der Waals surface area contributed by atoms with Crippen molar-refractivity contribution in [2.24, 2.45) is 0 Å². The summed E-state index contributed by atoms with van der Waals surface area (Å²) in [6, 6.07) is 30.7. The Hall–Kier alpha value is -3.45. The van der Waals surface area contributed by atoms with E-state index in [-0.39, 0.29) is 6.17 Å². The zero-order valence-corrected chi connectivity index (χ0v) is 21.4. The first-order valence-electron chi connectivity index (χ1n) is 12.2. The largest absolute Gasteiger partial charge is 0.427 e. The SMILES string of the molecule is CC(C)(O)C(C)(C)O[B]c1ccc(C([NH3+])Nc2ncc(-c3ccccc3)cc2-c2ccccc2)cc1. The van der Waals surface area contributed by atoms with E-state index in [1.807, 2.05) is 80.7 Å². The molecule has 4 rings (SSSR count). The summed E-state index contributed by atoms with van der Waals surface area (Å²) in [5, 5.41) is 13.8. The standard InChI is InChI=1S/C30H33BN3O2/c1-29(2,35)30(3,4)36-31-25-17-15-23(16-18-25)27(32)34-28-26(22-13-9-6-10-14-22)19-24(20-33-28)21-11-7-5-8-12-21/h5-20,27,35H,32H2,1-4H3,(H,33,34)/p+1. The Morgan fingerprint density at radius 2 is 1.42 bits per heavy atom. The number of hydrogen-bond acceptors (Lipinski definition) is 4. The fraction of sp³-hybridized carbons (Fsp3) is 0.233. The molecule has 0 bridgehead atoms. The molecule has 0 saturated carbocycles. The van der Waals surface area contributed by atoms with Crippen molar-refractivity contribution in [3.63, 3.8) is 0 Å². The molecule has 1 radical (unpaired) electrons. The number of quaternary nitrogens is 1. The van der Waals surface area contributed by atoms with Crippen molar-refractivity contribution >= 4 is 18.8 Å². The number of rotatable bonds is 9. The van der Waals surface area contributed by atoms with E-state index in [2.05, 4.69) is 41.4 Å². The van der Waals surface area contributed by atoms with Gasteiger partial charge in [-0.15, -0.1) is 0 Å². The molecule has 1 atom stereocenters. The van der Waals surface area contributed by atoms with Crippen molar-refractivity contribution in [1.29, 1.82) is 0 Å². The maximum Gasteiger partial charge on any atom is 0.330 e. The van der Waals surface area contributed by atoms with E-state index in [1.54, 1.807) is 21.3 Å². The van der Waals surface area contributed by atoms with Crippen LogP contribution in [0.3, 0.4) is 0 Å². The second-order valence-corrected chi connectivity index (χ2v) is 10.0. The Labute approximate surface area is 214 Å². The number of pyridine rings is 1. The van der Waals surface area contributed by atoms with Gasteiger partial charge in [0.2, 0.25) is 0 Å². The van der Waals surface area contributed by atoms with Crippen molar-refractivity contribution in [2.75, 3.05) is 5.32 Å². The van der Waals surface area contributed by atoms with Crippen LogP contribution in [0.25, 0.3) is 22.3 Å². The van der Waals surface area contributed by atoms with Gasteiger partial charge in [0.15, 0.2) is 6.17 Å². The Morgan fingerprint density at radius 3 is 2.00 bits per heavy atom. The molecule has 5 nitrogen and oxygen atoms in total. The molecular weight excluding hydrogens is 445 g/mol. The Morgan fingerprint density at radius 1 is 0.833 bits per heavy atom. The second kappa shape index (κ2) is 10.7. The minimum Gasteiger partial charge on any atom is -0.427 e. The van der Waals surface area contributed by atoms with Crippen LogP contribution in [0.4, 0.5) is 5.82 Å². The Kier molecular flexibility index (Phi) is 7.60. The lowest BCUT2D eigenvalue weighted by Gasteiger charge is -2.37. The van der Waals surface area contributed by atoms with Gasteiger partial charge in [-0.25, -0.2) is 4.98 Å². The maximum absolute atomic E-state index is 10.3. The third kappa shape index (κ3) is 6.03. The van der Waals surface area contributed by atoms with Crippen molar-refractivity contribution < 1.29 is 15.5 Å². The first kappa shape index (κ1) is 25.6. The van der Waals surface area contributed by atoms with Gasteiger partial charge in [-0.05, 0) is 44.9 Å². The van der Waals surface area contributed by atoms with Gasteiger partial charge in [-0.3, -0.25) is 0 Å². The first-order valence-corrected chi connectivity index (χ1v) is 12.2. The first-order chi connectivity index (χ1) is 17.1. The van der Waals surface area contributed by atoms with Crippen LogP contribution in [0.2, 0.25) is 0 Å². The molecule has 0 fully saturated rings. The lowest BCUT2D eigenvalue weighted by atomic mass is 9.82. The smallest absolute Gasteiger partial charge is 0.330 e. The normalized spacial score (nSPS) is 12.7. The van der Waals surface area contributed by atoms with Crippen molar-refractivity contribution in [1.82, 2.24) is 4.98 Å². The molecule has 36 heavy (non-hydrogen) atoms. The van der Waals surface area contributed by atoms with Crippen LogP contribution in [0.1, 0.15) is 39.4 Å². The zero-order valence-electron chi connectivity index (χ0n) is 21.4. The van der Waals surface area contributed by atoms with Crippen LogP contribution in [0.15, 0.2) is 97.2 Å². The monoisotopic (exact) mass is 479 g/mol. The molecule has 183 valence electrons. The van der Waals surface area contributed by atoms with E-state index >= 15 is 0 Å². The van der Waals surface area contributed by atoms with Gasteiger partial charge < -0.3 is 20.8 Å². The summed E-state index contributed by atoms with van der Waals surface area (Å²) in [6.45, 7) is 7.22. The molecule has 0 saturated heterocycles. The third-order valence-corrected chi connectivity index (χ3v) is 6.69. The van der Waals surface area contributed by atoms with Gasteiger partial charge in [0.1, 0.15) is 5.82 Å². The van der Waals surface area contributed by atoms with E-state index < -0.39 is 11.2 Å². The third-order valence-electron chi connectivity index (χ3n) is 6.69. The molecule has 1 unspecified atom stereocenters. The van der Waals surface area contributed by atoms with Crippen LogP contribution >= 0.6 is 0 Å². The number of aliphatic hydroxyl groups is 1. The molecule has 5 N–H and O–H groups in total. The number of benzene rings is 3. The maximum atomic E-state index is 10.3. The van der Waals surface area contributed by atoms with E-state index in [1.165, 1.54) is 0 Å². The molecule has 3 aromatic carbocycles. The molecule has 4 aromatic rings. The summed E-state index contributed by atoms with van der Waals surface area (Å²) in [6.07, 6.45) is 1.70. The second-order valence-electron chi connectivity index (χ2n) is 10.0. The molecule has 0 aliphatic rings. The topological polar surface area (TPSA) is 82.0 Å². The average Bonchev–Trinajstić information content (AvgIpc) is 2.88. The highest BCUT2D eigenvalue weighted by atomic mass is 16.5. The molecule has 0 amide bonds. The predicted octanol–water partition coefficient (Wildman–Crippen LogP) is 4.58. The molecule has 1 aromatic heterocycles. The van der Waals surface area contributed by atoms with Crippen LogP contribution in [0.5, 0.6) is 0 Å². The highest BCUT2D eigenvalue weighted by Gasteiger charge is 2.35. The lowest BCUT2D eigenvalue weighted by Crippen LogP contribution is -2.57. The van der Waals surface area contributed by atoms with Gasteiger partial charge in [-0.1, -0.05) is 90.4 Å². The summed E-state index contributed by atoms with van der Waals surface area (Å²) in [7, 11) is 1.69.